The van der Waals surface area contributed by atoms with Crippen molar-refractivity contribution in [3.8, 4) is 0 Å². The van der Waals surface area contributed by atoms with Gasteiger partial charge < -0.3 is 9.72 Å². The Labute approximate surface area is 171 Å². The summed E-state index contributed by atoms with van der Waals surface area (Å²) in [5.41, 5.74) is 1.54. The molecule has 0 radical (unpaired) electrons. The summed E-state index contributed by atoms with van der Waals surface area (Å²) in [6.45, 7) is 0.388. The number of aromatic amines is 1. The first kappa shape index (κ1) is 18.2. The highest BCUT2D eigenvalue weighted by Crippen LogP contribution is 2.47. The SMILES string of the molecule is Clc1ccc(COC2(Cc3ncc[nH]3)CSc3cc(Cl)ccc32)c(Cl)c1. The molecule has 134 valence electrons. The van der Waals surface area contributed by atoms with Gasteiger partial charge in [-0.05, 0) is 35.4 Å². The average molecular weight is 426 g/mol. The molecule has 0 fully saturated rings. The number of H-pyrrole nitrogens is 1. The zero-order valence-electron chi connectivity index (χ0n) is 13.6. The molecule has 1 atom stereocenters. The number of thioether (sulfide) groups is 1. The van der Waals surface area contributed by atoms with Gasteiger partial charge in [0, 0.05) is 44.5 Å². The van der Waals surface area contributed by atoms with Gasteiger partial charge >= 0.3 is 0 Å². The van der Waals surface area contributed by atoms with E-state index in [4.69, 9.17) is 39.5 Å². The molecule has 0 amide bonds. The second-order valence-corrected chi connectivity index (χ2v) is 8.46. The molecule has 0 saturated carbocycles. The number of ether oxygens (including phenoxy) is 1. The molecular formula is C19H15Cl3N2OS. The number of rotatable bonds is 5. The van der Waals surface area contributed by atoms with Crippen molar-refractivity contribution in [1.29, 1.82) is 0 Å². The van der Waals surface area contributed by atoms with Crippen LogP contribution in [0.3, 0.4) is 0 Å². The first-order valence-corrected chi connectivity index (χ1v) is 10.2. The minimum Gasteiger partial charge on any atom is -0.364 e. The predicted octanol–water partition coefficient (Wildman–Crippen LogP) is 6.13. The van der Waals surface area contributed by atoms with Gasteiger partial charge in [-0.2, -0.15) is 0 Å². The van der Waals surface area contributed by atoms with Gasteiger partial charge in [-0.3, -0.25) is 0 Å². The van der Waals surface area contributed by atoms with E-state index in [-0.39, 0.29) is 0 Å². The lowest BCUT2D eigenvalue weighted by Crippen LogP contribution is -2.33. The zero-order valence-corrected chi connectivity index (χ0v) is 16.7. The Kier molecular flexibility index (Phi) is 5.22. The number of halogens is 3. The molecule has 0 bridgehead atoms. The molecule has 1 unspecified atom stereocenters. The molecule has 3 aromatic rings. The van der Waals surface area contributed by atoms with Crippen LogP contribution in [-0.2, 0) is 23.4 Å². The van der Waals surface area contributed by atoms with Crippen LogP contribution in [0.4, 0.5) is 0 Å². The van der Waals surface area contributed by atoms with Crippen LogP contribution in [0.2, 0.25) is 15.1 Å². The average Bonchev–Trinajstić information content (AvgIpc) is 3.23. The second-order valence-electron chi connectivity index (χ2n) is 6.16. The summed E-state index contributed by atoms with van der Waals surface area (Å²) in [5, 5.41) is 1.94. The molecule has 1 aromatic heterocycles. The standard InChI is InChI=1S/C19H15Cl3N2OS/c20-13-2-1-12(16(22)7-13)10-25-19(9-18-23-5-6-24-18)11-26-17-8-14(21)3-4-15(17)19/h1-8H,9-11H2,(H,23,24). The van der Waals surface area contributed by atoms with Gasteiger partial charge in [0.2, 0.25) is 0 Å². The van der Waals surface area contributed by atoms with Crippen molar-refractivity contribution in [2.45, 2.75) is 23.5 Å². The minimum atomic E-state index is -0.495. The van der Waals surface area contributed by atoms with Crippen LogP contribution in [0.25, 0.3) is 0 Å². The summed E-state index contributed by atoms with van der Waals surface area (Å²) in [7, 11) is 0. The summed E-state index contributed by atoms with van der Waals surface area (Å²) in [6, 6.07) is 11.4. The van der Waals surface area contributed by atoms with Gasteiger partial charge in [-0.1, -0.05) is 46.9 Å². The summed E-state index contributed by atoms with van der Waals surface area (Å²) in [4.78, 5) is 8.71. The fourth-order valence-electron chi connectivity index (χ4n) is 3.10. The van der Waals surface area contributed by atoms with Crippen LogP contribution in [0.1, 0.15) is 17.0 Å². The molecule has 0 saturated heterocycles. The van der Waals surface area contributed by atoms with E-state index in [1.165, 1.54) is 0 Å². The lowest BCUT2D eigenvalue weighted by atomic mass is 9.91. The molecule has 4 rings (SSSR count). The Bertz CT molecular complexity index is 933. The zero-order chi connectivity index (χ0) is 18.1. The Hall–Kier alpha value is -1.17. The molecule has 3 nitrogen and oxygen atoms in total. The van der Waals surface area contributed by atoms with Gasteiger partial charge in [0.15, 0.2) is 0 Å². The molecule has 1 N–H and O–H groups in total. The summed E-state index contributed by atoms with van der Waals surface area (Å²) in [6.07, 6.45) is 4.22. The maximum absolute atomic E-state index is 6.49. The second kappa shape index (κ2) is 7.45. The number of hydrogen-bond acceptors (Lipinski definition) is 3. The third kappa shape index (κ3) is 3.62. The van der Waals surface area contributed by atoms with E-state index in [1.54, 1.807) is 24.0 Å². The molecule has 2 heterocycles. The van der Waals surface area contributed by atoms with E-state index in [0.717, 1.165) is 32.6 Å². The van der Waals surface area contributed by atoms with Crippen LogP contribution < -0.4 is 0 Å². The summed E-state index contributed by atoms with van der Waals surface area (Å²) < 4.78 is 6.49. The number of aromatic nitrogens is 2. The molecule has 0 spiro atoms. The number of benzene rings is 2. The van der Waals surface area contributed by atoms with E-state index < -0.39 is 5.60 Å². The van der Waals surface area contributed by atoms with Crippen molar-refractivity contribution in [1.82, 2.24) is 9.97 Å². The van der Waals surface area contributed by atoms with E-state index in [2.05, 4.69) is 9.97 Å². The maximum Gasteiger partial charge on any atom is 0.111 e. The molecule has 1 aliphatic heterocycles. The van der Waals surface area contributed by atoms with Crippen molar-refractivity contribution in [3.05, 3.63) is 80.8 Å². The fourth-order valence-corrected chi connectivity index (χ4v) is 5.15. The largest absolute Gasteiger partial charge is 0.364 e. The molecule has 0 aliphatic carbocycles. The van der Waals surface area contributed by atoms with Crippen LogP contribution in [-0.4, -0.2) is 15.7 Å². The third-order valence-electron chi connectivity index (χ3n) is 4.42. The first-order chi connectivity index (χ1) is 12.6. The highest BCUT2D eigenvalue weighted by Gasteiger charge is 2.41. The first-order valence-electron chi connectivity index (χ1n) is 8.05. The minimum absolute atomic E-state index is 0.388. The van der Waals surface area contributed by atoms with Crippen LogP contribution >= 0.6 is 46.6 Å². The predicted molar refractivity (Wildman–Crippen MR) is 107 cm³/mol. The van der Waals surface area contributed by atoms with Gasteiger partial charge in [0.1, 0.15) is 11.4 Å². The van der Waals surface area contributed by atoms with Crippen LogP contribution in [0.5, 0.6) is 0 Å². The monoisotopic (exact) mass is 424 g/mol. The Morgan fingerprint density at radius 2 is 1.92 bits per heavy atom. The topological polar surface area (TPSA) is 37.9 Å². The molecule has 2 aromatic carbocycles. The van der Waals surface area contributed by atoms with Crippen molar-refractivity contribution in [2.75, 3.05) is 5.75 Å². The van der Waals surface area contributed by atoms with E-state index in [0.29, 0.717) is 23.1 Å². The highest BCUT2D eigenvalue weighted by molar-refractivity contribution is 7.99. The fraction of sp³-hybridized carbons (Fsp3) is 0.211. The van der Waals surface area contributed by atoms with Gasteiger partial charge in [-0.15, -0.1) is 11.8 Å². The maximum atomic E-state index is 6.49. The van der Waals surface area contributed by atoms with Crippen molar-refractivity contribution >= 4 is 46.6 Å². The Morgan fingerprint density at radius 1 is 1.12 bits per heavy atom. The van der Waals surface area contributed by atoms with Crippen molar-refractivity contribution < 1.29 is 4.74 Å². The molecule has 1 aliphatic rings. The number of imidazole rings is 1. The number of hydrogen-bond donors (Lipinski definition) is 1. The van der Waals surface area contributed by atoms with E-state index in [9.17, 15) is 0 Å². The van der Waals surface area contributed by atoms with Crippen molar-refractivity contribution in [3.63, 3.8) is 0 Å². The lowest BCUT2D eigenvalue weighted by molar-refractivity contribution is -0.0443. The van der Waals surface area contributed by atoms with Gasteiger partial charge in [-0.25, -0.2) is 4.98 Å². The van der Waals surface area contributed by atoms with Crippen LogP contribution in [0.15, 0.2) is 53.7 Å². The number of nitrogens with zero attached hydrogens (tertiary/aromatic N) is 1. The van der Waals surface area contributed by atoms with Gasteiger partial charge in [0.25, 0.3) is 0 Å². The molecule has 26 heavy (non-hydrogen) atoms. The molecule has 7 heteroatoms. The molecular weight excluding hydrogens is 411 g/mol. The highest BCUT2D eigenvalue weighted by atomic mass is 35.5. The number of nitrogens with one attached hydrogen (secondary N) is 1. The normalized spacial score (nSPS) is 18.9. The summed E-state index contributed by atoms with van der Waals surface area (Å²) in [5.74, 6) is 1.67. The van der Waals surface area contributed by atoms with Gasteiger partial charge in [0.05, 0.1) is 6.61 Å². The third-order valence-corrected chi connectivity index (χ3v) is 6.50. The smallest absolute Gasteiger partial charge is 0.111 e. The van der Waals surface area contributed by atoms with Crippen LogP contribution in [0, 0.1) is 0 Å². The Morgan fingerprint density at radius 3 is 2.69 bits per heavy atom. The van der Waals surface area contributed by atoms with Crippen molar-refractivity contribution in [2.24, 2.45) is 0 Å². The summed E-state index contributed by atoms with van der Waals surface area (Å²) >= 11 is 20.2. The van der Waals surface area contributed by atoms with E-state index in [1.807, 2.05) is 36.5 Å². The lowest BCUT2D eigenvalue weighted by Gasteiger charge is -2.30. The quantitative estimate of drug-likeness (QED) is 0.534. The Balaban J connectivity index is 1.66. The number of fused-ring (bicyclic) bond motifs is 1. The van der Waals surface area contributed by atoms with E-state index >= 15 is 0 Å².